The molecule has 0 unspecified atom stereocenters. The molecule has 1 N–H and O–H groups in total. The Morgan fingerprint density at radius 1 is 0.842 bits per heavy atom. The fourth-order valence-corrected chi connectivity index (χ4v) is 4.13. The van der Waals surface area contributed by atoms with Crippen LogP contribution in [-0.4, -0.2) is 63.5 Å². The van der Waals surface area contributed by atoms with Crippen molar-refractivity contribution in [2.75, 3.05) is 34.1 Å². The molecular formula is C28H33N3O6S. The molecule has 0 aliphatic rings. The molecule has 0 aliphatic heterocycles. The van der Waals surface area contributed by atoms with Crippen molar-refractivity contribution in [1.82, 2.24) is 14.5 Å². The van der Waals surface area contributed by atoms with Crippen LogP contribution in [0.15, 0.2) is 78.9 Å². The molecule has 3 rings (SSSR count). The predicted octanol–water partition coefficient (Wildman–Crippen LogP) is 2.98. The first-order valence-electron chi connectivity index (χ1n) is 11.9. The second-order valence-electron chi connectivity index (χ2n) is 8.77. The quantitative estimate of drug-likeness (QED) is 0.380. The van der Waals surface area contributed by atoms with Crippen molar-refractivity contribution >= 4 is 21.8 Å². The third-order valence-corrected chi connectivity index (χ3v) is 7.32. The Morgan fingerprint density at radius 3 is 1.87 bits per heavy atom. The molecule has 3 aromatic carbocycles. The Morgan fingerprint density at radius 2 is 1.37 bits per heavy atom. The molecule has 0 bridgehead atoms. The first-order chi connectivity index (χ1) is 18.1. The van der Waals surface area contributed by atoms with Gasteiger partial charge in [0.05, 0.1) is 27.0 Å². The summed E-state index contributed by atoms with van der Waals surface area (Å²) in [5.41, 5.74) is 2.21. The van der Waals surface area contributed by atoms with Crippen LogP contribution in [0.1, 0.15) is 22.7 Å². The van der Waals surface area contributed by atoms with Gasteiger partial charge in [0.1, 0.15) is 17.5 Å². The highest BCUT2D eigenvalue weighted by molar-refractivity contribution is 7.88. The van der Waals surface area contributed by atoms with Gasteiger partial charge in [-0.05, 0) is 41.0 Å². The second-order valence-corrected chi connectivity index (χ2v) is 10.9. The van der Waals surface area contributed by atoms with E-state index in [9.17, 15) is 18.0 Å². The van der Waals surface area contributed by atoms with Gasteiger partial charge in [-0.25, -0.2) is 8.42 Å². The van der Waals surface area contributed by atoms with E-state index in [0.29, 0.717) is 17.1 Å². The lowest BCUT2D eigenvalue weighted by Crippen LogP contribution is -2.47. The van der Waals surface area contributed by atoms with Gasteiger partial charge in [-0.1, -0.05) is 54.6 Å². The predicted molar refractivity (Wildman–Crippen MR) is 145 cm³/mol. The van der Waals surface area contributed by atoms with Crippen molar-refractivity contribution in [2.45, 2.75) is 19.1 Å². The summed E-state index contributed by atoms with van der Waals surface area (Å²) in [5.74, 6) is 0.451. The van der Waals surface area contributed by atoms with Gasteiger partial charge in [0.2, 0.25) is 21.8 Å². The number of sulfonamides is 1. The fourth-order valence-electron chi connectivity index (χ4n) is 3.79. The van der Waals surface area contributed by atoms with Crippen LogP contribution >= 0.6 is 0 Å². The van der Waals surface area contributed by atoms with Crippen molar-refractivity contribution < 1.29 is 27.5 Å². The number of rotatable bonds is 12. The Bertz CT molecular complexity index is 1310. The van der Waals surface area contributed by atoms with E-state index in [-0.39, 0.29) is 13.1 Å². The Hall–Kier alpha value is -3.89. The normalized spacial score (nSPS) is 12.0. The van der Waals surface area contributed by atoms with E-state index in [1.165, 1.54) is 11.9 Å². The monoisotopic (exact) mass is 539 g/mol. The zero-order valence-corrected chi connectivity index (χ0v) is 22.8. The zero-order valence-electron chi connectivity index (χ0n) is 22.0. The molecule has 0 aliphatic carbocycles. The number of carbonyl (C=O) groups is 2. The van der Waals surface area contributed by atoms with Crippen LogP contribution in [0.2, 0.25) is 0 Å². The minimum atomic E-state index is -3.62. The largest absolute Gasteiger partial charge is 0.497 e. The molecule has 0 saturated carbocycles. The molecule has 0 aromatic heterocycles. The third kappa shape index (κ3) is 7.80. The van der Waals surface area contributed by atoms with Crippen molar-refractivity contribution in [1.29, 1.82) is 0 Å². The number of methoxy groups -OCH3 is 2. The lowest BCUT2D eigenvalue weighted by molar-refractivity contribution is -0.141. The minimum absolute atomic E-state index is 0.0793. The highest BCUT2D eigenvalue weighted by Gasteiger charge is 2.32. The number of hydrogen-bond acceptors (Lipinski definition) is 6. The lowest BCUT2D eigenvalue weighted by atomic mass is 10.0. The summed E-state index contributed by atoms with van der Waals surface area (Å²) in [5, 5.41) is 2.93. The number of hydrogen-bond donors (Lipinski definition) is 1. The Labute approximate surface area is 224 Å². The summed E-state index contributed by atoms with van der Waals surface area (Å²) < 4.78 is 35.5. The average Bonchev–Trinajstić information content (AvgIpc) is 2.92. The molecule has 0 radical (unpaired) electrons. The number of ether oxygens (including phenoxy) is 2. The van der Waals surface area contributed by atoms with Gasteiger partial charge in [-0.3, -0.25) is 9.59 Å². The standard InChI is InChI=1S/C28H33N3O6S/c1-30(38(4,34)35)20-26(32)31(19-22-12-16-25(37-3)17-13-22)27(23-8-6-5-7-9-23)28(33)29-18-21-10-14-24(36-2)15-11-21/h5-17,27H,18-20H2,1-4H3,(H,29,33)/t27-/m0/s1. The fraction of sp³-hybridized carbons (Fsp3) is 0.286. The van der Waals surface area contributed by atoms with Gasteiger partial charge in [-0.15, -0.1) is 0 Å². The molecule has 2 amide bonds. The molecule has 38 heavy (non-hydrogen) atoms. The number of amides is 2. The molecular weight excluding hydrogens is 506 g/mol. The maximum absolute atomic E-state index is 13.7. The Balaban J connectivity index is 1.95. The summed E-state index contributed by atoms with van der Waals surface area (Å²) in [6, 6.07) is 22.4. The molecule has 9 nitrogen and oxygen atoms in total. The summed E-state index contributed by atoms with van der Waals surface area (Å²) in [6.07, 6.45) is 1.03. The number of carbonyl (C=O) groups excluding carboxylic acids is 2. The molecule has 0 spiro atoms. The van der Waals surface area contributed by atoms with E-state index in [1.807, 2.05) is 18.2 Å². The van der Waals surface area contributed by atoms with Gasteiger partial charge < -0.3 is 19.7 Å². The van der Waals surface area contributed by atoms with Crippen LogP contribution in [0.3, 0.4) is 0 Å². The van der Waals surface area contributed by atoms with Crippen LogP contribution in [-0.2, 0) is 32.7 Å². The van der Waals surface area contributed by atoms with Crippen LogP contribution in [0.5, 0.6) is 11.5 Å². The molecule has 0 saturated heterocycles. The lowest BCUT2D eigenvalue weighted by Gasteiger charge is -2.32. The SMILES string of the molecule is COc1ccc(CNC(=O)[C@H](c2ccccc2)N(Cc2ccc(OC)cc2)C(=O)CN(C)S(C)(=O)=O)cc1. The number of nitrogens with one attached hydrogen (secondary N) is 1. The van der Waals surface area contributed by atoms with E-state index < -0.39 is 34.4 Å². The van der Waals surface area contributed by atoms with Crippen molar-refractivity contribution in [3.8, 4) is 11.5 Å². The van der Waals surface area contributed by atoms with Gasteiger partial charge in [0.25, 0.3) is 0 Å². The Kier molecular flexibility index (Phi) is 9.86. The van der Waals surface area contributed by atoms with Crippen LogP contribution in [0.25, 0.3) is 0 Å². The van der Waals surface area contributed by atoms with Gasteiger partial charge >= 0.3 is 0 Å². The first-order valence-corrected chi connectivity index (χ1v) is 13.8. The maximum Gasteiger partial charge on any atom is 0.247 e. The summed E-state index contributed by atoms with van der Waals surface area (Å²) in [4.78, 5) is 28.7. The molecule has 3 aromatic rings. The molecule has 10 heteroatoms. The van der Waals surface area contributed by atoms with Crippen molar-refractivity contribution in [3.63, 3.8) is 0 Å². The maximum atomic E-state index is 13.7. The van der Waals surface area contributed by atoms with E-state index in [2.05, 4.69) is 5.32 Å². The zero-order chi connectivity index (χ0) is 27.7. The van der Waals surface area contributed by atoms with Crippen LogP contribution in [0.4, 0.5) is 0 Å². The third-order valence-electron chi connectivity index (χ3n) is 6.06. The van der Waals surface area contributed by atoms with Gasteiger partial charge in [0.15, 0.2) is 0 Å². The smallest absolute Gasteiger partial charge is 0.247 e. The van der Waals surface area contributed by atoms with E-state index in [4.69, 9.17) is 9.47 Å². The highest BCUT2D eigenvalue weighted by atomic mass is 32.2. The average molecular weight is 540 g/mol. The van der Waals surface area contributed by atoms with Gasteiger partial charge in [-0.2, -0.15) is 4.31 Å². The topological polar surface area (TPSA) is 105 Å². The van der Waals surface area contributed by atoms with Crippen LogP contribution in [0, 0.1) is 0 Å². The van der Waals surface area contributed by atoms with Gasteiger partial charge in [0, 0.05) is 20.1 Å². The minimum Gasteiger partial charge on any atom is -0.497 e. The second kappa shape index (κ2) is 13.1. The van der Waals surface area contributed by atoms with E-state index in [1.54, 1.807) is 74.9 Å². The van der Waals surface area contributed by atoms with E-state index in [0.717, 1.165) is 21.7 Å². The number of benzene rings is 3. The summed E-state index contributed by atoms with van der Waals surface area (Å²) in [6.45, 7) is -0.0972. The van der Waals surface area contributed by atoms with E-state index >= 15 is 0 Å². The number of nitrogens with zero attached hydrogens (tertiary/aromatic N) is 2. The van der Waals surface area contributed by atoms with Crippen molar-refractivity contribution in [3.05, 3.63) is 95.6 Å². The number of likely N-dealkylation sites (N-methyl/N-ethyl adjacent to an activating group) is 1. The first kappa shape index (κ1) is 28.7. The molecule has 202 valence electrons. The summed E-state index contributed by atoms with van der Waals surface area (Å²) in [7, 11) is 0.856. The highest BCUT2D eigenvalue weighted by Crippen LogP contribution is 2.25. The summed E-state index contributed by atoms with van der Waals surface area (Å²) >= 11 is 0. The van der Waals surface area contributed by atoms with Crippen LogP contribution < -0.4 is 14.8 Å². The molecule has 0 fully saturated rings. The molecule has 0 heterocycles. The molecule has 1 atom stereocenters. The van der Waals surface area contributed by atoms with Crippen molar-refractivity contribution in [2.24, 2.45) is 0 Å².